The number of carboxylic acids is 1. The quantitative estimate of drug-likeness (QED) is 0.195. The van der Waals surface area contributed by atoms with E-state index in [2.05, 4.69) is 5.32 Å². The molecule has 0 unspecified atom stereocenters. The molecule has 13 nitrogen and oxygen atoms in total. The van der Waals surface area contributed by atoms with Crippen LogP contribution < -0.4 is 5.32 Å². The highest BCUT2D eigenvalue weighted by molar-refractivity contribution is 5.69. The van der Waals surface area contributed by atoms with Gasteiger partial charge in [0.25, 0.3) is 0 Å². The first-order valence-corrected chi connectivity index (χ1v) is 8.20. The highest BCUT2D eigenvalue weighted by Gasteiger charge is 2.53. The van der Waals surface area contributed by atoms with E-state index in [-0.39, 0.29) is 0 Å². The van der Waals surface area contributed by atoms with Gasteiger partial charge in [0.15, 0.2) is 12.0 Å². The van der Waals surface area contributed by atoms with Gasteiger partial charge in [0, 0.05) is 0 Å². The van der Waals surface area contributed by atoms with E-state index in [0.29, 0.717) is 0 Å². The maximum absolute atomic E-state index is 10.8. The Morgan fingerprint density at radius 3 is 2.33 bits per heavy atom. The van der Waals surface area contributed by atoms with Crippen LogP contribution >= 0.6 is 0 Å². The van der Waals surface area contributed by atoms with Gasteiger partial charge in [0.2, 0.25) is 0 Å². The lowest BCUT2D eigenvalue weighted by Gasteiger charge is -2.48. The molecule has 9 atom stereocenters. The van der Waals surface area contributed by atoms with Crippen molar-refractivity contribution >= 4 is 5.97 Å². The number of aliphatic carboxylic acids is 1. The predicted molar refractivity (Wildman–Crippen MR) is 82.1 cm³/mol. The Morgan fingerprint density at radius 2 is 1.78 bits per heavy atom. The number of ether oxygens (including phenoxy) is 3. The van der Waals surface area contributed by atoms with Crippen LogP contribution in [0.2, 0.25) is 0 Å². The topological polar surface area (TPSA) is 219 Å². The molecule has 0 saturated carbocycles. The summed E-state index contributed by atoms with van der Waals surface area (Å²) in [5.41, 5.74) is -1.98. The molecule has 2 rings (SSSR count). The van der Waals surface area contributed by atoms with E-state index in [1.807, 2.05) is 0 Å². The number of carbonyl (C=O) groups is 1. The fraction of sp³-hybridized carbons (Fsp3) is 0.929. The van der Waals surface area contributed by atoms with Crippen LogP contribution in [0.3, 0.4) is 0 Å². The Hall–Kier alpha value is -0.970. The summed E-state index contributed by atoms with van der Waals surface area (Å²) in [6, 6.07) is 0. The van der Waals surface area contributed by atoms with E-state index < -0.39 is 87.1 Å². The van der Waals surface area contributed by atoms with Crippen LogP contribution in [0, 0.1) is 0 Å². The van der Waals surface area contributed by atoms with Crippen molar-refractivity contribution in [2.24, 2.45) is 0 Å². The maximum atomic E-state index is 10.8. The lowest BCUT2D eigenvalue weighted by Crippen LogP contribution is -2.71. The summed E-state index contributed by atoms with van der Waals surface area (Å²) in [6.07, 6.45) is -12.9. The average Bonchev–Trinajstić information content (AvgIpc) is 2.64. The van der Waals surface area contributed by atoms with E-state index >= 15 is 0 Å². The van der Waals surface area contributed by atoms with Crippen LogP contribution in [-0.4, -0.2) is 128 Å². The molecule has 2 aliphatic rings. The van der Waals surface area contributed by atoms with Gasteiger partial charge in [-0.1, -0.05) is 0 Å². The van der Waals surface area contributed by atoms with Crippen molar-refractivity contribution < 1.29 is 59.9 Å². The molecule has 0 bridgehead atoms. The van der Waals surface area contributed by atoms with Gasteiger partial charge in [-0.25, -0.2) is 0 Å². The zero-order chi connectivity index (χ0) is 20.4. The second kappa shape index (κ2) is 9.02. The fourth-order valence-electron chi connectivity index (χ4n) is 2.97. The lowest BCUT2D eigenvalue weighted by molar-refractivity contribution is -0.347. The molecule has 27 heavy (non-hydrogen) atoms. The van der Waals surface area contributed by atoms with Crippen molar-refractivity contribution in [1.29, 1.82) is 0 Å². The smallest absolute Gasteiger partial charge is 0.317 e. The standard InChI is InChI=1S/C14H25NO12/c16-2-6-8(21)9(22)10(23)13(26-6)27-11-5(18)3-25-14(4-17,12(11)24)15-1-7(19)20/h5-6,8-13,15-18,21-24H,1-4H2,(H,19,20)/t5-,6-,8-,9+,10-,11-,12+,13-,14-/m1/s1. The van der Waals surface area contributed by atoms with Gasteiger partial charge in [-0.15, -0.1) is 0 Å². The predicted octanol–water partition coefficient (Wildman–Crippen LogP) is -5.71. The van der Waals surface area contributed by atoms with Crippen molar-refractivity contribution in [3.63, 3.8) is 0 Å². The fourth-order valence-corrected chi connectivity index (χ4v) is 2.97. The maximum Gasteiger partial charge on any atom is 0.317 e. The van der Waals surface area contributed by atoms with Crippen LogP contribution in [0.15, 0.2) is 0 Å². The Bertz CT molecular complexity index is 506. The first-order chi connectivity index (χ1) is 12.7. The second-order valence-corrected chi connectivity index (χ2v) is 6.42. The SMILES string of the molecule is O=C(O)CN[C@]1(CO)OC[C@@H](O)[C@@H](O[C@H]2O[C@H](CO)[C@@H](O)[C@H](O)[C@H]2O)[C@@H]1O. The average molecular weight is 399 g/mol. The summed E-state index contributed by atoms with van der Waals surface area (Å²) in [5.74, 6) is -1.30. The molecule has 9 N–H and O–H groups in total. The molecule has 0 radical (unpaired) electrons. The molecule has 0 amide bonds. The molecule has 0 aromatic carbocycles. The van der Waals surface area contributed by atoms with E-state index in [0.717, 1.165) is 0 Å². The van der Waals surface area contributed by atoms with Crippen LogP contribution in [-0.2, 0) is 19.0 Å². The normalized spacial score (nSPS) is 45.6. The number of hydrogen-bond donors (Lipinski definition) is 9. The van der Waals surface area contributed by atoms with E-state index in [4.69, 9.17) is 19.3 Å². The Morgan fingerprint density at radius 1 is 1.11 bits per heavy atom. The molecule has 2 saturated heterocycles. The molecular weight excluding hydrogens is 374 g/mol. The number of carboxylic acid groups (broad SMARTS) is 1. The second-order valence-electron chi connectivity index (χ2n) is 6.42. The van der Waals surface area contributed by atoms with Crippen molar-refractivity contribution in [3.05, 3.63) is 0 Å². The zero-order valence-corrected chi connectivity index (χ0v) is 14.2. The number of rotatable bonds is 7. The Labute approximate surface area is 153 Å². The minimum Gasteiger partial charge on any atom is -0.480 e. The van der Waals surface area contributed by atoms with Gasteiger partial charge >= 0.3 is 5.97 Å². The van der Waals surface area contributed by atoms with Gasteiger partial charge in [-0.3, -0.25) is 10.1 Å². The van der Waals surface area contributed by atoms with Crippen molar-refractivity contribution in [2.45, 2.75) is 54.7 Å². The molecule has 158 valence electrons. The summed E-state index contributed by atoms with van der Waals surface area (Å²) in [6.45, 7) is -2.72. The van der Waals surface area contributed by atoms with Gasteiger partial charge in [0.05, 0.1) is 26.4 Å². The van der Waals surface area contributed by atoms with E-state index in [1.165, 1.54) is 0 Å². The zero-order valence-electron chi connectivity index (χ0n) is 14.2. The monoisotopic (exact) mass is 399 g/mol. The highest BCUT2D eigenvalue weighted by Crippen LogP contribution is 2.30. The van der Waals surface area contributed by atoms with Crippen LogP contribution in [0.1, 0.15) is 0 Å². The molecule has 13 heteroatoms. The molecule has 0 aromatic rings. The van der Waals surface area contributed by atoms with Gasteiger partial charge in [0.1, 0.15) is 42.7 Å². The molecule has 0 aliphatic carbocycles. The number of aliphatic hydroxyl groups excluding tert-OH is 7. The third-order valence-corrected chi connectivity index (χ3v) is 4.59. The van der Waals surface area contributed by atoms with Crippen molar-refractivity contribution in [1.82, 2.24) is 5.32 Å². The minimum absolute atomic E-state index is 0.466. The Balaban J connectivity index is 2.16. The van der Waals surface area contributed by atoms with Crippen molar-refractivity contribution in [2.75, 3.05) is 26.4 Å². The van der Waals surface area contributed by atoms with Crippen LogP contribution in [0.4, 0.5) is 0 Å². The molecule has 0 spiro atoms. The largest absolute Gasteiger partial charge is 0.480 e. The van der Waals surface area contributed by atoms with E-state index in [1.54, 1.807) is 0 Å². The number of nitrogens with one attached hydrogen (secondary N) is 1. The van der Waals surface area contributed by atoms with E-state index in [9.17, 15) is 40.5 Å². The van der Waals surface area contributed by atoms with Gasteiger partial charge in [-0.05, 0) is 0 Å². The summed E-state index contributed by atoms with van der Waals surface area (Å²) < 4.78 is 15.7. The van der Waals surface area contributed by atoms with Gasteiger partial charge < -0.3 is 55.1 Å². The third-order valence-electron chi connectivity index (χ3n) is 4.59. The first kappa shape index (κ1) is 22.3. The summed E-state index contributed by atoms with van der Waals surface area (Å²) in [5, 5.41) is 80.0. The summed E-state index contributed by atoms with van der Waals surface area (Å²) in [4.78, 5) is 10.8. The third kappa shape index (κ3) is 4.55. The highest BCUT2D eigenvalue weighted by atomic mass is 16.7. The Kier molecular flexibility index (Phi) is 7.46. The summed E-state index contributed by atoms with van der Waals surface area (Å²) >= 11 is 0. The van der Waals surface area contributed by atoms with Crippen LogP contribution in [0.5, 0.6) is 0 Å². The minimum atomic E-state index is -1.98. The molecule has 2 heterocycles. The van der Waals surface area contributed by atoms with Crippen molar-refractivity contribution in [3.8, 4) is 0 Å². The van der Waals surface area contributed by atoms with Gasteiger partial charge in [-0.2, -0.15) is 0 Å². The van der Waals surface area contributed by atoms with Crippen LogP contribution in [0.25, 0.3) is 0 Å². The molecular formula is C14H25NO12. The first-order valence-electron chi connectivity index (χ1n) is 8.20. The molecule has 2 aliphatic heterocycles. The number of aliphatic hydroxyl groups is 7. The summed E-state index contributed by atoms with van der Waals surface area (Å²) in [7, 11) is 0. The lowest BCUT2D eigenvalue weighted by atomic mass is 9.93. The molecule has 0 aromatic heterocycles. The molecule has 2 fully saturated rings. The number of hydrogen-bond acceptors (Lipinski definition) is 12.